The number of fused-ring (bicyclic) bond motifs is 5. The van der Waals surface area contributed by atoms with E-state index in [1.54, 1.807) is 0 Å². The van der Waals surface area contributed by atoms with Crippen LogP contribution in [0, 0.1) is 5.82 Å². The average molecular weight is 329 g/mol. The van der Waals surface area contributed by atoms with Crippen LogP contribution in [0.25, 0.3) is 0 Å². The molecule has 2 aromatic carbocycles. The van der Waals surface area contributed by atoms with Crippen LogP contribution in [0.5, 0.6) is 11.5 Å². The molecular weight excluding hydrogens is 313 g/mol. The molecule has 0 bridgehead atoms. The maximum absolute atomic E-state index is 13.8. The smallest absolute Gasteiger partial charge is 0.408 e. The maximum Gasteiger partial charge on any atom is 0.408 e. The third kappa shape index (κ3) is 2.14. The van der Waals surface area contributed by atoms with Gasteiger partial charge in [0.1, 0.15) is 17.3 Å². The van der Waals surface area contributed by atoms with Crippen LogP contribution in [0.15, 0.2) is 42.5 Å². The third-order valence-electron chi connectivity index (χ3n) is 4.86. The number of benzene rings is 2. The van der Waals surface area contributed by atoms with Crippen LogP contribution in [-0.4, -0.2) is 33.9 Å². The lowest BCUT2D eigenvalue weighted by Crippen LogP contribution is -2.38. The first-order valence-corrected chi connectivity index (χ1v) is 7.78. The molecule has 0 radical (unpaired) electrons. The summed E-state index contributed by atoms with van der Waals surface area (Å²) in [6.45, 7) is -0.271. The molecule has 2 aliphatic heterocycles. The fraction of sp³-hybridized carbons (Fsp3) is 0.278. The van der Waals surface area contributed by atoms with Gasteiger partial charge in [-0.25, -0.2) is 9.18 Å². The largest absolute Gasteiger partial charge is 0.465 e. The first-order chi connectivity index (χ1) is 11.6. The van der Waals surface area contributed by atoms with Crippen molar-refractivity contribution in [1.82, 2.24) is 4.90 Å². The Hall–Kier alpha value is -2.60. The Morgan fingerprint density at radius 1 is 1.21 bits per heavy atom. The van der Waals surface area contributed by atoms with E-state index in [-0.39, 0.29) is 12.5 Å². The summed E-state index contributed by atoms with van der Waals surface area (Å²) < 4.78 is 19.8. The molecule has 4 rings (SSSR count). The third-order valence-corrected chi connectivity index (χ3v) is 4.86. The molecule has 2 heterocycles. The maximum atomic E-state index is 13.8. The molecule has 0 aromatic heterocycles. The van der Waals surface area contributed by atoms with Crippen molar-refractivity contribution >= 4 is 6.09 Å². The van der Waals surface area contributed by atoms with Gasteiger partial charge < -0.3 is 14.9 Å². The Morgan fingerprint density at radius 3 is 2.71 bits per heavy atom. The number of ether oxygens (including phenoxy) is 1. The SMILES string of the molecule is O=C(O)N1[C@@H](CO)C[C@@H]2c3ccccc3Oc3ccc(F)cc3[C@H]21. The van der Waals surface area contributed by atoms with Gasteiger partial charge >= 0.3 is 6.09 Å². The highest BCUT2D eigenvalue weighted by Gasteiger charge is 2.48. The number of hydrogen-bond acceptors (Lipinski definition) is 3. The second kappa shape index (κ2) is 5.49. The molecule has 0 unspecified atom stereocenters. The second-order valence-electron chi connectivity index (χ2n) is 6.14. The van der Waals surface area contributed by atoms with Crippen LogP contribution < -0.4 is 4.74 Å². The summed E-state index contributed by atoms with van der Waals surface area (Å²) in [5.74, 6) is 0.445. The summed E-state index contributed by atoms with van der Waals surface area (Å²) in [4.78, 5) is 13.1. The van der Waals surface area contributed by atoms with Gasteiger partial charge in [0.05, 0.1) is 18.7 Å². The van der Waals surface area contributed by atoms with Gasteiger partial charge in [-0.05, 0) is 30.7 Å². The number of carboxylic acid groups (broad SMARTS) is 1. The molecule has 6 heteroatoms. The molecule has 1 saturated heterocycles. The monoisotopic (exact) mass is 329 g/mol. The number of amides is 1. The topological polar surface area (TPSA) is 70.0 Å². The molecule has 2 aromatic rings. The highest BCUT2D eigenvalue weighted by atomic mass is 19.1. The van der Waals surface area contributed by atoms with Crippen molar-refractivity contribution in [3.05, 3.63) is 59.4 Å². The predicted molar refractivity (Wildman–Crippen MR) is 83.8 cm³/mol. The number of aliphatic hydroxyl groups is 1. The molecule has 124 valence electrons. The summed E-state index contributed by atoms with van der Waals surface area (Å²) in [6, 6.07) is 10.5. The van der Waals surface area contributed by atoms with Gasteiger partial charge in [-0.3, -0.25) is 4.90 Å². The lowest BCUT2D eigenvalue weighted by atomic mass is 9.87. The van der Waals surface area contributed by atoms with Crippen LogP contribution >= 0.6 is 0 Å². The van der Waals surface area contributed by atoms with Crippen molar-refractivity contribution in [2.45, 2.75) is 24.4 Å². The lowest BCUT2D eigenvalue weighted by Gasteiger charge is -2.28. The molecule has 5 nitrogen and oxygen atoms in total. The number of nitrogens with zero attached hydrogens (tertiary/aromatic N) is 1. The summed E-state index contributed by atoms with van der Waals surface area (Å²) in [5.41, 5.74) is 1.37. The highest BCUT2D eigenvalue weighted by molar-refractivity contribution is 5.68. The molecule has 1 amide bonds. The van der Waals surface area contributed by atoms with E-state index in [2.05, 4.69) is 0 Å². The average Bonchev–Trinajstić information content (AvgIpc) is 2.91. The van der Waals surface area contributed by atoms with Crippen LogP contribution in [0.1, 0.15) is 29.5 Å². The van der Waals surface area contributed by atoms with Crippen molar-refractivity contribution in [2.24, 2.45) is 0 Å². The Bertz CT molecular complexity index is 809. The van der Waals surface area contributed by atoms with Gasteiger partial charge in [0, 0.05) is 17.0 Å². The molecule has 3 atom stereocenters. The zero-order valence-electron chi connectivity index (χ0n) is 12.7. The zero-order chi connectivity index (χ0) is 16.8. The molecule has 0 saturated carbocycles. The standard InChI is InChI=1S/C18H16FNO4/c19-10-5-6-16-14(7-10)17-13(8-11(9-21)20(17)18(22)23)12-3-1-2-4-15(12)24-16/h1-7,11,13,17,21H,8-9H2,(H,22,23)/t11-,13-,17+/m1/s1. The van der Waals surface area contributed by atoms with Crippen LogP contribution in [0.4, 0.5) is 9.18 Å². The van der Waals surface area contributed by atoms with Gasteiger partial charge in [-0.15, -0.1) is 0 Å². The number of likely N-dealkylation sites (tertiary alicyclic amines) is 1. The lowest BCUT2D eigenvalue weighted by molar-refractivity contribution is 0.0987. The van der Waals surface area contributed by atoms with E-state index < -0.39 is 24.0 Å². The molecule has 2 N–H and O–H groups in total. The summed E-state index contributed by atoms with van der Waals surface area (Å²) in [7, 11) is 0. The zero-order valence-corrected chi connectivity index (χ0v) is 12.7. The van der Waals surface area contributed by atoms with Gasteiger partial charge in [-0.2, -0.15) is 0 Å². The van der Waals surface area contributed by atoms with Gasteiger partial charge in [-0.1, -0.05) is 18.2 Å². The first kappa shape index (κ1) is 15.0. The van der Waals surface area contributed by atoms with E-state index in [9.17, 15) is 19.4 Å². The van der Waals surface area contributed by atoms with Crippen molar-refractivity contribution in [3.8, 4) is 11.5 Å². The summed E-state index contributed by atoms with van der Waals surface area (Å²) in [6.07, 6.45) is -0.666. The van der Waals surface area contributed by atoms with E-state index in [1.807, 2.05) is 24.3 Å². The minimum absolute atomic E-state index is 0.197. The Labute approximate surface area is 137 Å². The van der Waals surface area contributed by atoms with Gasteiger partial charge in [0.25, 0.3) is 0 Å². The predicted octanol–water partition coefficient (Wildman–Crippen LogP) is 3.50. The Kier molecular flexibility index (Phi) is 3.42. The van der Waals surface area contributed by atoms with E-state index >= 15 is 0 Å². The molecule has 1 fully saturated rings. The van der Waals surface area contributed by atoms with Crippen molar-refractivity contribution in [1.29, 1.82) is 0 Å². The molecule has 0 aliphatic carbocycles. The number of halogens is 1. The summed E-state index contributed by atoms with van der Waals surface area (Å²) >= 11 is 0. The fourth-order valence-corrected chi connectivity index (χ4v) is 3.90. The quantitative estimate of drug-likeness (QED) is 0.840. The minimum Gasteiger partial charge on any atom is -0.465 e. The minimum atomic E-state index is -1.13. The van der Waals surface area contributed by atoms with E-state index in [4.69, 9.17) is 4.74 Å². The Morgan fingerprint density at radius 2 is 1.96 bits per heavy atom. The van der Waals surface area contributed by atoms with Gasteiger partial charge in [0.15, 0.2) is 0 Å². The van der Waals surface area contributed by atoms with Gasteiger partial charge in [0.2, 0.25) is 0 Å². The number of rotatable bonds is 1. The number of aliphatic hydroxyl groups excluding tert-OH is 1. The first-order valence-electron chi connectivity index (χ1n) is 7.78. The van der Waals surface area contributed by atoms with Crippen LogP contribution in [0.3, 0.4) is 0 Å². The second-order valence-corrected chi connectivity index (χ2v) is 6.14. The number of carbonyl (C=O) groups is 1. The normalized spacial score (nSPS) is 24.4. The number of para-hydroxylation sites is 1. The van der Waals surface area contributed by atoms with Crippen LogP contribution in [-0.2, 0) is 0 Å². The van der Waals surface area contributed by atoms with E-state index in [0.29, 0.717) is 23.5 Å². The summed E-state index contributed by atoms with van der Waals surface area (Å²) in [5, 5.41) is 19.3. The Balaban J connectivity index is 1.96. The van der Waals surface area contributed by atoms with Crippen molar-refractivity contribution < 1.29 is 24.1 Å². The van der Waals surface area contributed by atoms with E-state index in [1.165, 1.54) is 23.1 Å². The van der Waals surface area contributed by atoms with E-state index in [0.717, 1.165) is 5.56 Å². The fourth-order valence-electron chi connectivity index (χ4n) is 3.90. The van der Waals surface area contributed by atoms with Crippen molar-refractivity contribution in [3.63, 3.8) is 0 Å². The number of hydrogen-bond donors (Lipinski definition) is 2. The molecule has 24 heavy (non-hydrogen) atoms. The molecule has 2 aliphatic rings. The van der Waals surface area contributed by atoms with Crippen LogP contribution in [0.2, 0.25) is 0 Å². The molecular formula is C18H16FNO4. The molecule has 0 spiro atoms. The van der Waals surface area contributed by atoms with Crippen molar-refractivity contribution in [2.75, 3.05) is 6.61 Å². The highest BCUT2D eigenvalue weighted by Crippen LogP contribution is 2.54.